The lowest BCUT2D eigenvalue weighted by atomic mass is 9.80. The van der Waals surface area contributed by atoms with Crippen LogP contribution in [0.3, 0.4) is 0 Å². The zero-order valence-corrected chi connectivity index (χ0v) is 51.1. The van der Waals surface area contributed by atoms with Crippen LogP contribution in [-0.2, 0) is 93.5 Å². The number of ether oxygens (including phenoxy) is 6. The topological polar surface area (TPSA) is 330 Å². The highest BCUT2D eigenvalue weighted by atomic mass is 19.1. The molecule has 3 aromatic carbocycles. The van der Waals surface area contributed by atoms with E-state index in [1.165, 1.54) is 19.1 Å². The first-order valence-corrected chi connectivity index (χ1v) is 29.9. The minimum absolute atomic E-state index is 0.0492. The highest BCUT2D eigenvalue weighted by Gasteiger charge is 2.44. The number of hydrogen-bond donors (Lipinski definition) is 9. The van der Waals surface area contributed by atoms with Gasteiger partial charge in [0.25, 0.3) is 0 Å². The number of nitrogens with one attached hydrogen (secondary N) is 7. The first-order valence-electron chi connectivity index (χ1n) is 29.9. The van der Waals surface area contributed by atoms with E-state index < -0.39 is 96.6 Å². The van der Waals surface area contributed by atoms with Crippen molar-refractivity contribution in [3.8, 4) is 11.3 Å². The van der Waals surface area contributed by atoms with E-state index in [2.05, 4.69) is 44.1 Å². The zero-order valence-electron chi connectivity index (χ0n) is 51.1. The van der Waals surface area contributed by atoms with Crippen LogP contribution in [0, 0.1) is 18.7 Å². The van der Waals surface area contributed by atoms with Crippen LogP contribution >= 0.6 is 0 Å². The van der Waals surface area contributed by atoms with Crippen LogP contribution in [0.25, 0.3) is 22.2 Å². The molecule has 2 aliphatic rings. The number of amides is 6. The van der Waals surface area contributed by atoms with Gasteiger partial charge in [-0.05, 0) is 104 Å². The monoisotopic (exact) mass is 1230 g/mol. The Balaban J connectivity index is 0.912. The van der Waals surface area contributed by atoms with Crippen molar-refractivity contribution < 1.29 is 76.6 Å². The molecule has 24 nitrogen and oxygen atoms in total. The molecule has 1 aliphatic heterocycles. The van der Waals surface area contributed by atoms with Crippen molar-refractivity contribution in [1.29, 1.82) is 0 Å². The Morgan fingerprint density at radius 2 is 1.48 bits per heavy atom. The summed E-state index contributed by atoms with van der Waals surface area (Å²) in [5.74, 6) is -4.19. The van der Waals surface area contributed by atoms with E-state index in [0.29, 0.717) is 122 Å². The number of aromatic nitrogens is 1. The molecule has 88 heavy (non-hydrogen) atoms. The van der Waals surface area contributed by atoms with E-state index in [1.54, 1.807) is 63.4 Å². The second-order valence-corrected chi connectivity index (χ2v) is 22.0. The highest BCUT2D eigenvalue weighted by molar-refractivity contribution is 5.94. The summed E-state index contributed by atoms with van der Waals surface area (Å²) in [5.41, 5.74) is 0.605. The van der Waals surface area contributed by atoms with E-state index in [9.17, 15) is 48.6 Å². The van der Waals surface area contributed by atoms with Crippen molar-refractivity contribution in [1.82, 2.24) is 42.2 Å². The molecule has 0 radical (unpaired) electrons. The van der Waals surface area contributed by atoms with Gasteiger partial charge in [-0.2, -0.15) is 0 Å². The predicted octanol–water partition coefficient (Wildman–Crippen LogP) is 2.39. The number of cyclic esters (lactones) is 1. The maximum Gasteiger partial charge on any atom is 0.343 e. The maximum atomic E-state index is 15.5. The van der Waals surface area contributed by atoms with Gasteiger partial charge in [-0.25, -0.2) is 14.2 Å². The molecule has 0 saturated heterocycles. The van der Waals surface area contributed by atoms with E-state index in [1.807, 2.05) is 6.92 Å². The molecule has 0 spiro atoms. The summed E-state index contributed by atoms with van der Waals surface area (Å²) in [6.07, 6.45) is 3.36. The molecule has 2 heterocycles. The molecular weight excluding hydrogens is 1140 g/mol. The first kappa shape index (κ1) is 69.7. The molecule has 9 N–H and O–H groups in total. The third kappa shape index (κ3) is 20.3. The van der Waals surface area contributed by atoms with Gasteiger partial charge >= 0.3 is 5.97 Å². The van der Waals surface area contributed by atoms with Crippen LogP contribution in [0.4, 0.5) is 4.39 Å². The summed E-state index contributed by atoms with van der Waals surface area (Å²) in [7, 11) is 1.59. The van der Waals surface area contributed by atoms with Crippen molar-refractivity contribution in [3.63, 3.8) is 0 Å². The summed E-state index contributed by atoms with van der Waals surface area (Å²) in [6, 6.07) is 12.8. The SMILES string of the molecule is CCc1c(-c2ccc(=O)c3c(c2)[C@@](O)(CC)C(=O)OC3)nc2cc(F)c(C)c3c2c1[C@@H](NC(=O)COCNC(=O)CNC(=O)[C@H](Cc1ccccc1)NC(=O)CNC(=O)CNC(C)(O)CCOCCOCCC(C)CCOCCOCCC(=O)NC)CC3. The van der Waals surface area contributed by atoms with Gasteiger partial charge in [0.15, 0.2) is 11.0 Å². The van der Waals surface area contributed by atoms with Crippen molar-refractivity contribution in [2.45, 2.75) is 122 Å². The Labute approximate surface area is 511 Å². The summed E-state index contributed by atoms with van der Waals surface area (Å²) in [4.78, 5) is 108. The number of carbonyl (C=O) groups is 7. The molecule has 4 aromatic rings. The molecule has 6 amide bonds. The van der Waals surface area contributed by atoms with Crippen molar-refractivity contribution in [2.24, 2.45) is 5.92 Å². The molecule has 2 unspecified atom stereocenters. The molecule has 0 saturated carbocycles. The smallest absolute Gasteiger partial charge is 0.343 e. The van der Waals surface area contributed by atoms with Gasteiger partial charge in [0.1, 0.15) is 37.5 Å². The second kappa shape index (κ2) is 34.4. The number of hydrogen-bond acceptors (Lipinski definition) is 18. The Bertz CT molecular complexity index is 3130. The van der Waals surface area contributed by atoms with Gasteiger partial charge in [-0.3, -0.25) is 38.9 Å². The van der Waals surface area contributed by atoms with E-state index in [-0.39, 0.29) is 56.1 Å². The second-order valence-electron chi connectivity index (χ2n) is 22.0. The predicted molar refractivity (Wildman–Crippen MR) is 321 cm³/mol. The van der Waals surface area contributed by atoms with Crippen molar-refractivity contribution >= 4 is 52.3 Å². The van der Waals surface area contributed by atoms with Gasteiger partial charge in [-0.1, -0.05) is 51.1 Å². The van der Waals surface area contributed by atoms with Gasteiger partial charge in [0.2, 0.25) is 35.4 Å². The third-order valence-corrected chi connectivity index (χ3v) is 15.5. The molecule has 0 bridgehead atoms. The molecule has 480 valence electrons. The zero-order chi connectivity index (χ0) is 63.8. The molecular formula is C63H85FN8O16. The fraction of sp³-hybridized carbons (Fsp3) is 0.540. The number of benzene rings is 2. The molecule has 0 fully saturated rings. The molecule has 25 heteroatoms. The molecule has 6 rings (SSSR count). The number of nitrogens with zero attached hydrogens (tertiary/aromatic N) is 1. The molecule has 1 aliphatic carbocycles. The fourth-order valence-corrected chi connectivity index (χ4v) is 10.3. The summed E-state index contributed by atoms with van der Waals surface area (Å²) in [5, 5.41) is 41.4. The van der Waals surface area contributed by atoms with E-state index in [0.717, 1.165) is 18.4 Å². The first-order chi connectivity index (χ1) is 42.2. The summed E-state index contributed by atoms with van der Waals surface area (Å²) < 4.78 is 48.5. The van der Waals surface area contributed by atoms with Gasteiger partial charge in [0.05, 0.1) is 76.5 Å². The number of rotatable bonds is 37. The quantitative estimate of drug-likeness (QED) is 0.0178. The van der Waals surface area contributed by atoms with Gasteiger partial charge in [0, 0.05) is 67.7 Å². The van der Waals surface area contributed by atoms with Crippen LogP contribution in [0.5, 0.6) is 0 Å². The molecule has 1 aromatic heterocycles. The maximum absolute atomic E-state index is 15.5. The van der Waals surface area contributed by atoms with Gasteiger partial charge in [-0.15, -0.1) is 0 Å². The Morgan fingerprint density at radius 3 is 2.16 bits per heavy atom. The van der Waals surface area contributed by atoms with Crippen LogP contribution in [-0.4, -0.2) is 161 Å². The number of esters is 1. The lowest BCUT2D eigenvalue weighted by Gasteiger charge is -2.31. The van der Waals surface area contributed by atoms with E-state index in [4.69, 9.17) is 33.4 Å². The van der Waals surface area contributed by atoms with Crippen LogP contribution in [0.2, 0.25) is 0 Å². The fourth-order valence-electron chi connectivity index (χ4n) is 10.3. The standard InChI is InChI=1S/C63H85FN8O16/c1-7-43-57-48(16-15-44-40(4)47(64)32-49(58(44)57)72-59(43)42-14-17-51(73)45-36-88-61(80)63(82,8-2)46(45)31-42)70-56(78)37-87-38-68-53(75)33-67-60(79)50(30-41-12-10-9-11-13-41)71-55(77)34-66-54(76)35-69-62(5,81)21-25-86-29-28-84-23-19-39(3)18-22-83-26-27-85-24-20-52(74)65-6/h9-14,17,31-32,39,48,50,69,81-82H,7-8,15-16,18-30,33-38H2,1-6H3,(H,65,74)(H,66,76)(H,67,79)(H,68,75)(H,70,78)(H,71,77)/t39?,48-,50-,62?,63-/m0/s1. The average molecular weight is 1230 g/mol. The number of fused-ring (bicyclic) bond motifs is 1. The number of carbonyl (C=O) groups excluding carboxylic acids is 7. The lowest BCUT2D eigenvalue weighted by molar-refractivity contribution is -0.172. The normalized spacial score (nSPS) is 16.5. The number of halogens is 1. The lowest BCUT2D eigenvalue weighted by Crippen LogP contribution is -2.53. The average Bonchev–Trinajstić information content (AvgIpc) is 1.77. The number of pyridine rings is 1. The third-order valence-electron chi connectivity index (χ3n) is 15.5. The highest BCUT2D eigenvalue weighted by Crippen LogP contribution is 2.43. The Morgan fingerprint density at radius 1 is 0.807 bits per heavy atom. The van der Waals surface area contributed by atoms with Crippen molar-refractivity contribution in [3.05, 3.63) is 110 Å². The minimum atomic E-state index is -2.09. The Hall–Kier alpha value is -7.36. The number of aliphatic hydroxyl groups is 2. The minimum Gasteiger partial charge on any atom is -0.458 e. The Kier molecular flexibility index (Phi) is 27.3. The van der Waals surface area contributed by atoms with Crippen LogP contribution < -0.4 is 42.6 Å². The van der Waals surface area contributed by atoms with Crippen molar-refractivity contribution in [2.75, 3.05) is 92.9 Å². The number of aryl methyl sites for hydroxylation is 1. The molecule has 5 atom stereocenters. The van der Waals surface area contributed by atoms with Gasteiger partial charge < -0.3 is 70.5 Å². The largest absolute Gasteiger partial charge is 0.458 e. The van der Waals surface area contributed by atoms with Crippen LogP contribution in [0.15, 0.2) is 59.4 Å². The van der Waals surface area contributed by atoms with Crippen LogP contribution in [0.1, 0.15) is 111 Å². The summed E-state index contributed by atoms with van der Waals surface area (Å²) in [6.45, 7) is 9.52. The summed E-state index contributed by atoms with van der Waals surface area (Å²) >= 11 is 0. The van der Waals surface area contributed by atoms with E-state index >= 15 is 4.39 Å².